The molecule has 1 amide bonds. The number of rotatable bonds is 2. The van der Waals surface area contributed by atoms with Gasteiger partial charge in [-0.05, 0) is 45.7 Å². The maximum absolute atomic E-state index is 12.9. The van der Waals surface area contributed by atoms with Crippen molar-refractivity contribution in [2.24, 2.45) is 0 Å². The van der Waals surface area contributed by atoms with Crippen LogP contribution >= 0.6 is 0 Å². The molecule has 2 rings (SSSR count). The number of carbonyl (C=O) groups excluding carboxylic acids is 1. The lowest BCUT2D eigenvalue weighted by Crippen LogP contribution is -2.52. The van der Waals surface area contributed by atoms with E-state index in [0.29, 0.717) is 5.56 Å². The highest BCUT2D eigenvalue weighted by Crippen LogP contribution is 2.31. The monoisotopic (exact) mass is 275 g/mol. The van der Waals surface area contributed by atoms with Crippen LogP contribution < -0.4 is 0 Å². The SMILES string of the molecule is CC(C)(C)N(C(=O)c1ccccc1O)C1CCCCC1. The van der Waals surface area contributed by atoms with Crippen LogP contribution in [0.2, 0.25) is 0 Å². The van der Waals surface area contributed by atoms with Crippen LogP contribution in [0.1, 0.15) is 63.2 Å². The maximum atomic E-state index is 12.9. The maximum Gasteiger partial charge on any atom is 0.258 e. The Morgan fingerprint density at radius 3 is 2.30 bits per heavy atom. The number of para-hydroxylation sites is 1. The van der Waals surface area contributed by atoms with Crippen LogP contribution in [-0.2, 0) is 0 Å². The Bertz CT molecular complexity index is 470. The van der Waals surface area contributed by atoms with Gasteiger partial charge in [0.15, 0.2) is 0 Å². The van der Waals surface area contributed by atoms with Gasteiger partial charge in [0.25, 0.3) is 5.91 Å². The molecule has 1 aliphatic carbocycles. The first kappa shape index (κ1) is 14.9. The van der Waals surface area contributed by atoms with Crippen molar-refractivity contribution in [2.75, 3.05) is 0 Å². The Hall–Kier alpha value is -1.51. The Labute approximate surface area is 121 Å². The predicted octanol–water partition coefficient (Wildman–Crippen LogP) is 3.97. The Morgan fingerprint density at radius 2 is 1.75 bits per heavy atom. The highest BCUT2D eigenvalue weighted by Gasteiger charge is 2.35. The van der Waals surface area contributed by atoms with Crippen LogP contribution in [0.25, 0.3) is 0 Å². The second-order valence-electron chi connectivity index (χ2n) is 6.65. The molecule has 0 unspecified atom stereocenters. The fraction of sp³-hybridized carbons (Fsp3) is 0.588. The molecule has 1 aromatic rings. The molecule has 0 aliphatic heterocycles. The first-order valence-electron chi connectivity index (χ1n) is 7.53. The van der Waals surface area contributed by atoms with Crippen LogP contribution in [0.4, 0.5) is 0 Å². The molecule has 0 atom stereocenters. The number of aromatic hydroxyl groups is 1. The normalized spacial score (nSPS) is 16.9. The topological polar surface area (TPSA) is 40.5 Å². The largest absolute Gasteiger partial charge is 0.507 e. The lowest BCUT2D eigenvalue weighted by atomic mass is 9.90. The van der Waals surface area contributed by atoms with E-state index >= 15 is 0 Å². The summed E-state index contributed by atoms with van der Waals surface area (Å²) >= 11 is 0. The summed E-state index contributed by atoms with van der Waals surface area (Å²) in [6, 6.07) is 7.12. The Morgan fingerprint density at radius 1 is 1.15 bits per heavy atom. The van der Waals surface area contributed by atoms with Crippen LogP contribution in [0.5, 0.6) is 5.75 Å². The van der Waals surface area contributed by atoms with E-state index in [-0.39, 0.29) is 23.2 Å². The average molecular weight is 275 g/mol. The number of benzene rings is 1. The van der Waals surface area contributed by atoms with Gasteiger partial charge in [-0.15, -0.1) is 0 Å². The molecule has 0 saturated heterocycles. The van der Waals surface area contributed by atoms with E-state index in [2.05, 4.69) is 20.8 Å². The van der Waals surface area contributed by atoms with Crippen molar-refractivity contribution in [3.05, 3.63) is 29.8 Å². The molecular weight excluding hydrogens is 250 g/mol. The van der Waals surface area contributed by atoms with E-state index in [0.717, 1.165) is 12.8 Å². The molecule has 3 heteroatoms. The molecule has 1 aliphatic rings. The molecule has 1 aromatic carbocycles. The summed E-state index contributed by atoms with van der Waals surface area (Å²) in [6.07, 6.45) is 5.77. The van der Waals surface area contributed by atoms with Gasteiger partial charge in [-0.1, -0.05) is 31.4 Å². The molecule has 0 spiro atoms. The first-order valence-corrected chi connectivity index (χ1v) is 7.53. The second kappa shape index (κ2) is 5.86. The van der Waals surface area contributed by atoms with Crippen molar-refractivity contribution in [3.63, 3.8) is 0 Å². The molecule has 1 N–H and O–H groups in total. The number of amides is 1. The highest BCUT2D eigenvalue weighted by molar-refractivity contribution is 5.97. The smallest absolute Gasteiger partial charge is 0.258 e. The molecule has 0 bridgehead atoms. The average Bonchev–Trinajstić information content (AvgIpc) is 2.39. The van der Waals surface area contributed by atoms with E-state index in [1.165, 1.54) is 19.3 Å². The second-order valence-corrected chi connectivity index (χ2v) is 6.65. The fourth-order valence-corrected chi connectivity index (χ4v) is 3.14. The van der Waals surface area contributed by atoms with Crippen molar-refractivity contribution in [1.29, 1.82) is 0 Å². The van der Waals surface area contributed by atoms with Gasteiger partial charge in [-0.3, -0.25) is 4.79 Å². The van der Waals surface area contributed by atoms with E-state index < -0.39 is 0 Å². The van der Waals surface area contributed by atoms with E-state index in [1.54, 1.807) is 24.3 Å². The van der Waals surface area contributed by atoms with Gasteiger partial charge in [-0.25, -0.2) is 0 Å². The van der Waals surface area contributed by atoms with E-state index in [4.69, 9.17) is 0 Å². The van der Waals surface area contributed by atoms with E-state index in [1.807, 2.05) is 4.90 Å². The van der Waals surface area contributed by atoms with Gasteiger partial charge in [0.05, 0.1) is 5.56 Å². The van der Waals surface area contributed by atoms with Crippen LogP contribution in [0.3, 0.4) is 0 Å². The lowest BCUT2D eigenvalue weighted by Gasteiger charge is -2.43. The molecule has 3 nitrogen and oxygen atoms in total. The minimum atomic E-state index is -0.235. The molecule has 0 heterocycles. The zero-order chi connectivity index (χ0) is 14.8. The highest BCUT2D eigenvalue weighted by atomic mass is 16.3. The lowest BCUT2D eigenvalue weighted by molar-refractivity contribution is 0.0364. The van der Waals surface area contributed by atoms with Crippen molar-refractivity contribution >= 4 is 5.91 Å². The quantitative estimate of drug-likeness (QED) is 0.887. The number of hydrogen-bond acceptors (Lipinski definition) is 2. The molecule has 0 radical (unpaired) electrons. The number of hydrogen-bond donors (Lipinski definition) is 1. The van der Waals surface area contributed by atoms with Gasteiger partial charge in [0.1, 0.15) is 5.75 Å². The molecule has 1 saturated carbocycles. The summed E-state index contributed by atoms with van der Waals surface area (Å²) in [5.74, 6) is 0.0186. The van der Waals surface area contributed by atoms with Crippen molar-refractivity contribution < 1.29 is 9.90 Å². The Balaban J connectivity index is 2.31. The zero-order valence-electron chi connectivity index (χ0n) is 12.7. The third-order valence-electron chi connectivity index (χ3n) is 4.02. The summed E-state index contributed by atoms with van der Waals surface area (Å²) in [5, 5.41) is 9.95. The zero-order valence-corrected chi connectivity index (χ0v) is 12.7. The van der Waals surface area contributed by atoms with E-state index in [9.17, 15) is 9.90 Å². The van der Waals surface area contributed by atoms with Crippen LogP contribution in [0.15, 0.2) is 24.3 Å². The van der Waals surface area contributed by atoms with Crippen LogP contribution in [0, 0.1) is 0 Å². The molecule has 1 fully saturated rings. The van der Waals surface area contributed by atoms with Gasteiger partial charge in [0, 0.05) is 11.6 Å². The third-order valence-corrected chi connectivity index (χ3v) is 4.02. The summed E-state index contributed by atoms with van der Waals surface area (Å²) in [6.45, 7) is 6.21. The third kappa shape index (κ3) is 3.14. The van der Waals surface area contributed by atoms with Gasteiger partial charge in [-0.2, -0.15) is 0 Å². The van der Waals surface area contributed by atoms with Crippen molar-refractivity contribution in [1.82, 2.24) is 4.90 Å². The molecule has 0 aromatic heterocycles. The molecular formula is C17H25NO2. The van der Waals surface area contributed by atoms with Gasteiger partial charge < -0.3 is 10.0 Å². The minimum absolute atomic E-state index is 0.0532. The molecule has 20 heavy (non-hydrogen) atoms. The summed E-state index contributed by atoms with van der Waals surface area (Å²) in [4.78, 5) is 14.9. The van der Waals surface area contributed by atoms with Gasteiger partial charge in [0.2, 0.25) is 0 Å². The number of nitrogens with zero attached hydrogens (tertiary/aromatic N) is 1. The number of phenolic OH excluding ortho intramolecular Hbond substituents is 1. The predicted molar refractivity (Wildman–Crippen MR) is 80.9 cm³/mol. The Kier molecular flexibility index (Phi) is 4.36. The summed E-state index contributed by atoms with van der Waals surface area (Å²) < 4.78 is 0. The minimum Gasteiger partial charge on any atom is -0.507 e. The summed E-state index contributed by atoms with van der Waals surface area (Å²) in [7, 11) is 0. The first-order chi connectivity index (χ1) is 9.41. The van der Waals surface area contributed by atoms with Gasteiger partial charge >= 0.3 is 0 Å². The van der Waals surface area contributed by atoms with Crippen LogP contribution in [-0.4, -0.2) is 27.5 Å². The molecule has 110 valence electrons. The number of phenols is 1. The fourth-order valence-electron chi connectivity index (χ4n) is 3.14. The number of carbonyl (C=O) groups is 1. The van der Waals surface area contributed by atoms with Crippen molar-refractivity contribution in [3.8, 4) is 5.75 Å². The standard InChI is InChI=1S/C17H25NO2/c1-17(2,3)18(13-9-5-4-6-10-13)16(20)14-11-7-8-12-15(14)19/h7-8,11-13,19H,4-6,9-10H2,1-3H3. The summed E-state index contributed by atoms with van der Waals surface area (Å²) in [5.41, 5.74) is 0.175. The van der Waals surface area contributed by atoms with Crippen molar-refractivity contribution in [2.45, 2.75) is 64.5 Å².